The number of aromatic amines is 1. The number of nitrogens with one attached hydrogen (secondary N) is 1. The van der Waals surface area contributed by atoms with Gasteiger partial charge in [0.15, 0.2) is 4.77 Å². The smallest absolute Gasteiger partial charge is 0.178 e. The third-order valence-electron chi connectivity index (χ3n) is 2.59. The van der Waals surface area contributed by atoms with Gasteiger partial charge in [-0.1, -0.05) is 11.6 Å². The lowest BCUT2D eigenvalue weighted by Crippen LogP contribution is -2.18. The lowest BCUT2D eigenvalue weighted by molar-refractivity contribution is 0.385. The second kappa shape index (κ2) is 4.76. The first kappa shape index (κ1) is 12.5. The van der Waals surface area contributed by atoms with Crippen LogP contribution in [0.4, 0.5) is 4.39 Å². The summed E-state index contributed by atoms with van der Waals surface area (Å²) in [6.07, 6.45) is 0. The Kier molecular flexibility index (Phi) is 3.51. The standard InChI is InChI=1S/C11H13ClFN3S/c1-15(2)3-4-16-10-6-8(13)7(12)5-9(10)14-11(16)17/h5-6H,3-4H2,1-2H3,(H,14,17). The molecule has 1 N–H and O–H groups in total. The van der Waals surface area contributed by atoms with Crippen molar-refractivity contribution >= 4 is 34.9 Å². The van der Waals surface area contributed by atoms with Crippen LogP contribution >= 0.6 is 23.8 Å². The minimum absolute atomic E-state index is 0.105. The Labute approximate surface area is 109 Å². The zero-order chi connectivity index (χ0) is 12.6. The summed E-state index contributed by atoms with van der Waals surface area (Å²) < 4.78 is 15.9. The Bertz CT molecular complexity index is 603. The highest BCUT2D eigenvalue weighted by atomic mass is 35.5. The normalized spacial score (nSPS) is 11.6. The van der Waals surface area contributed by atoms with Crippen molar-refractivity contribution in [3.63, 3.8) is 0 Å². The van der Waals surface area contributed by atoms with E-state index in [1.807, 2.05) is 23.6 Å². The Balaban J connectivity index is 2.51. The molecular weight excluding hydrogens is 261 g/mol. The molecule has 0 atom stereocenters. The predicted molar refractivity (Wildman–Crippen MR) is 70.6 cm³/mol. The fraction of sp³-hybridized carbons (Fsp3) is 0.364. The molecule has 0 amide bonds. The molecule has 2 aromatic rings. The number of nitrogens with zero attached hydrogens (tertiary/aromatic N) is 2. The van der Waals surface area contributed by atoms with Crippen molar-refractivity contribution in [1.82, 2.24) is 14.5 Å². The van der Waals surface area contributed by atoms with Gasteiger partial charge in [-0.05, 0) is 32.4 Å². The molecule has 1 aromatic carbocycles. The Hall–Kier alpha value is -0.910. The van der Waals surface area contributed by atoms with Gasteiger partial charge in [0, 0.05) is 19.2 Å². The summed E-state index contributed by atoms with van der Waals surface area (Å²) in [4.78, 5) is 5.08. The number of imidazole rings is 1. The second-order valence-corrected chi connectivity index (χ2v) is 4.96. The topological polar surface area (TPSA) is 24.0 Å². The van der Waals surface area contributed by atoms with Crippen molar-refractivity contribution in [3.05, 3.63) is 27.7 Å². The number of H-pyrrole nitrogens is 1. The molecule has 1 heterocycles. The van der Waals surface area contributed by atoms with Gasteiger partial charge in [0.2, 0.25) is 0 Å². The van der Waals surface area contributed by atoms with E-state index in [0.29, 0.717) is 11.3 Å². The second-order valence-electron chi connectivity index (χ2n) is 4.17. The highest BCUT2D eigenvalue weighted by Crippen LogP contribution is 2.22. The van der Waals surface area contributed by atoms with E-state index in [1.54, 1.807) is 6.07 Å². The number of rotatable bonds is 3. The molecule has 0 spiro atoms. The van der Waals surface area contributed by atoms with E-state index in [4.69, 9.17) is 23.8 Å². The van der Waals surface area contributed by atoms with E-state index in [9.17, 15) is 4.39 Å². The summed E-state index contributed by atoms with van der Waals surface area (Å²) in [6.45, 7) is 1.55. The summed E-state index contributed by atoms with van der Waals surface area (Å²) in [6, 6.07) is 2.98. The summed E-state index contributed by atoms with van der Waals surface area (Å²) in [5, 5.41) is 0.105. The molecule has 1 aromatic heterocycles. The average molecular weight is 274 g/mol. The van der Waals surface area contributed by atoms with Crippen LogP contribution in [0.3, 0.4) is 0 Å². The fourth-order valence-corrected chi connectivity index (χ4v) is 2.14. The van der Waals surface area contributed by atoms with Crippen LogP contribution in [0, 0.1) is 10.6 Å². The number of likely N-dealkylation sites (N-methyl/N-ethyl adjacent to an activating group) is 1. The van der Waals surface area contributed by atoms with Gasteiger partial charge >= 0.3 is 0 Å². The maximum absolute atomic E-state index is 13.4. The number of aromatic nitrogens is 2. The number of halogens is 2. The van der Waals surface area contributed by atoms with Crippen LogP contribution < -0.4 is 0 Å². The maximum Gasteiger partial charge on any atom is 0.178 e. The first-order valence-corrected chi connectivity index (χ1v) is 6.00. The van der Waals surface area contributed by atoms with Gasteiger partial charge in [0.25, 0.3) is 0 Å². The summed E-state index contributed by atoms with van der Waals surface area (Å²) in [5.74, 6) is -0.424. The summed E-state index contributed by atoms with van der Waals surface area (Å²) in [7, 11) is 3.96. The van der Waals surface area contributed by atoms with E-state index in [-0.39, 0.29) is 5.02 Å². The third kappa shape index (κ3) is 2.51. The van der Waals surface area contributed by atoms with Crippen molar-refractivity contribution in [2.24, 2.45) is 0 Å². The molecule has 0 bridgehead atoms. The third-order valence-corrected chi connectivity index (χ3v) is 3.20. The SMILES string of the molecule is CN(C)CCn1c(=S)[nH]c2cc(Cl)c(F)cc21. The number of hydrogen-bond donors (Lipinski definition) is 1. The molecule has 0 saturated carbocycles. The van der Waals surface area contributed by atoms with Crippen LogP contribution in [0.25, 0.3) is 11.0 Å². The predicted octanol–water partition coefficient (Wildman–Crippen LogP) is 3.05. The van der Waals surface area contributed by atoms with Crippen molar-refractivity contribution in [3.8, 4) is 0 Å². The minimum atomic E-state index is -0.424. The molecule has 0 fully saturated rings. The van der Waals surface area contributed by atoms with Crippen molar-refractivity contribution in [1.29, 1.82) is 0 Å². The fourth-order valence-electron chi connectivity index (χ4n) is 1.67. The van der Waals surface area contributed by atoms with Gasteiger partial charge in [0.05, 0.1) is 16.1 Å². The van der Waals surface area contributed by atoms with E-state index < -0.39 is 5.82 Å². The lowest BCUT2D eigenvalue weighted by atomic mass is 10.3. The zero-order valence-electron chi connectivity index (χ0n) is 9.63. The molecule has 6 heteroatoms. The molecule has 17 heavy (non-hydrogen) atoms. The van der Waals surface area contributed by atoms with E-state index in [0.717, 1.165) is 17.6 Å². The quantitative estimate of drug-likeness (QED) is 0.869. The highest BCUT2D eigenvalue weighted by Gasteiger charge is 2.09. The Morgan fingerprint density at radius 1 is 1.47 bits per heavy atom. The Morgan fingerprint density at radius 3 is 2.82 bits per heavy atom. The van der Waals surface area contributed by atoms with Gasteiger partial charge in [-0.25, -0.2) is 4.39 Å². The maximum atomic E-state index is 13.4. The van der Waals surface area contributed by atoms with Crippen molar-refractivity contribution < 1.29 is 4.39 Å². The van der Waals surface area contributed by atoms with Gasteiger partial charge in [-0.2, -0.15) is 0 Å². The summed E-state index contributed by atoms with van der Waals surface area (Å²) in [5.41, 5.74) is 1.51. The van der Waals surface area contributed by atoms with Crippen LogP contribution in [-0.4, -0.2) is 35.1 Å². The molecular formula is C11H13ClFN3S. The van der Waals surface area contributed by atoms with Crippen molar-refractivity contribution in [2.75, 3.05) is 20.6 Å². The molecule has 2 rings (SSSR count). The number of hydrogen-bond acceptors (Lipinski definition) is 2. The molecule has 0 aliphatic rings. The van der Waals surface area contributed by atoms with Crippen LogP contribution in [-0.2, 0) is 6.54 Å². The molecule has 0 aliphatic heterocycles. The monoisotopic (exact) mass is 273 g/mol. The molecule has 0 unspecified atom stereocenters. The van der Waals surface area contributed by atoms with Crippen LogP contribution in [0.1, 0.15) is 0 Å². The summed E-state index contributed by atoms with van der Waals surface area (Å²) >= 11 is 10.9. The van der Waals surface area contributed by atoms with Crippen molar-refractivity contribution in [2.45, 2.75) is 6.54 Å². The zero-order valence-corrected chi connectivity index (χ0v) is 11.2. The van der Waals surface area contributed by atoms with E-state index >= 15 is 0 Å². The first-order valence-electron chi connectivity index (χ1n) is 5.21. The van der Waals surface area contributed by atoms with Gasteiger partial charge in [-0.3, -0.25) is 0 Å². The van der Waals surface area contributed by atoms with Gasteiger partial charge < -0.3 is 14.5 Å². The number of fused-ring (bicyclic) bond motifs is 1. The van der Waals surface area contributed by atoms with Crippen LogP contribution in [0.5, 0.6) is 0 Å². The largest absolute Gasteiger partial charge is 0.331 e. The van der Waals surface area contributed by atoms with E-state index in [1.165, 1.54) is 6.07 Å². The van der Waals surface area contributed by atoms with E-state index in [2.05, 4.69) is 4.98 Å². The minimum Gasteiger partial charge on any atom is -0.331 e. The highest BCUT2D eigenvalue weighted by molar-refractivity contribution is 7.71. The van der Waals surface area contributed by atoms with Gasteiger partial charge in [-0.15, -0.1) is 0 Å². The first-order chi connectivity index (χ1) is 7.99. The molecule has 0 radical (unpaired) electrons. The molecule has 3 nitrogen and oxygen atoms in total. The van der Waals surface area contributed by atoms with Crippen LogP contribution in [0.15, 0.2) is 12.1 Å². The Morgan fingerprint density at radius 2 is 2.18 bits per heavy atom. The lowest BCUT2D eigenvalue weighted by Gasteiger charge is -2.10. The van der Waals surface area contributed by atoms with Crippen LogP contribution in [0.2, 0.25) is 5.02 Å². The molecule has 0 saturated heterocycles. The van der Waals surface area contributed by atoms with Gasteiger partial charge in [0.1, 0.15) is 5.82 Å². The average Bonchev–Trinajstić information content (AvgIpc) is 2.52. The molecule has 0 aliphatic carbocycles. The number of benzene rings is 1. The molecule has 92 valence electrons.